The highest BCUT2D eigenvalue weighted by molar-refractivity contribution is 8.18. The lowest BCUT2D eigenvalue weighted by atomic mass is 10.2. The molecule has 0 radical (unpaired) electrons. The number of thioether (sulfide) groups is 1. The van der Waals surface area contributed by atoms with Crippen molar-refractivity contribution < 1.29 is 22.8 Å². The maximum atomic E-state index is 12.5. The average Bonchev–Trinajstić information content (AvgIpc) is 3.13. The number of imide groups is 1. The number of benzene rings is 1. The number of halogens is 1. The van der Waals surface area contributed by atoms with E-state index in [0.717, 1.165) is 22.2 Å². The van der Waals surface area contributed by atoms with Crippen molar-refractivity contribution in [2.24, 2.45) is 0 Å². The van der Waals surface area contributed by atoms with Crippen molar-refractivity contribution >= 4 is 56.3 Å². The molecular formula is C18H19ClN2O5S2. The first-order valence-corrected chi connectivity index (χ1v) is 11.6. The van der Waals surface area contributed by atoms with Crippen LogP contribution in [0.1, 0.15) is 18.4 Å². The van der Waals surface area contributed by atoms with Crippen LogP contribution >= 0.6 is 23.4 Å². The third-order valence-electron chi connectivity index (χ3n) is 4.74. The Morgan fingerprint density at radius 2 is 2.00 bits per heavy atom. The fraction of sp³-hybridized carbons (Fsp3) is 0.389. The van der Waals surface area contributed by atoms with Crippen LogP contribution in [0.15, 0.2) is 29.2 Å². The minimum Gasteiger partial charge on any atom is -0.342 e. The first-order chi connectivity index (χ1) is 13.2. The van der Waals surface area contributed by atoms with Crippen molar-refractivity contribution in [1.82, 2.24) is 9.80 Å². The Bertz CT molecular complexity index is 943. The highest BCUT2D eigenvalue weighted by Crippen LogP contribution is 2.32. The van der Waals surface area contributed by atoms with E-state index >= 15 is 0 Å². The number of carbonyl (C=O) groups is 3. The summed E-state index contributed by atoms with van der Waals surface area (Å²) < 4.78 is 23.1. The fourth-order valence-corrected chi connectivity index (χ4v) is 5.84. The zero-order valence-corrected chi connectivity index (χ0v) is 17.5. The molecule has 3 amide bonds. The molecule has 1 aromatic rings. The molecule has 0 unspecified atom stereocenters. The van der Waals surface area contributed by atoms with Crippen LogP contribution in [0, 0.1) is 0 Å². The molecule has 3 rings (SSSR count). The number of hydrogen-bond acceptors (Lipinski definition) is 6. The zero-order chi connectivity index (χ0) is 20.5. The van der Waals surface area contributed by atoms with Crippen LogP contribution in [0.2, 0.25) is 5.02 Å². The van der Waals surface area contributed by atoms with Gasteiger partial charge in [0, 0.05) is 31.1 Å². The maximum absolute atomic E-state index is 12.5. The molecule has 150 valence electrons. The number of sulfone groups is 1. The summed E-state index contributed by atoms with van der Waals surface area (Å²) in [5.74, 6) is -0.694. The molecule has 10 heteroatoms. The van der Waals surface area contributed by atoms with Crippen LogP contribution < -0.4 is 0 Å². The molecule has 0 saturated carbocycles. The third-order valence-corrected chi connectivity index (χ3v) is 7.65. The van der Waals surface area contributed by atoms with Crippen LogP contribution in [0.5, 0.6) is 0 Å². The van der Waals surface area contributed by atoms with Crippen molar-refractivity contribution in [1.29, 1.82) is 0 Å². The highest BCUT2D eigenvalue weighted by atomic mass is 35.5. The molecule has 1 aromatic carbocycles. The van der Waals surface area contributed by atoms with Gasteiger partial charge in [-0.2, -0.15) is 0 Å². The van der Waals surface area contributed by atoms with Gasteiger partial charge in [-0.25, -0.2) is 8.42 Å². The predicted octanol–water partition coefficient (Wildman–Crippen LogP) is 2.41. The van der Waals surface area contributed by atoms with Gasteiger partial charge in [-0.3, -0.25) is 19.3 Å². The summed E-state index contributed by atoms with van der Waals surface area (Å²) >= 11 is 6.67. The van der Waals surface area contributed by atoms with Crippen molar-refractivity contribution in [2.45, 2.75) is 18.9 Å². The molecular weight excluding hydrogens is 424 g/mol. The fourth-order valence-electron chi connectivity index (χ4n) is 3.07. The number of rotatable bonds is 5. The molecule has 2 saturated heterocycles. The Balaban J connectivity index is 1.60. The second-order valence-electron chi connectivity index (χ2n) is 6.70. The van der Waals surface area contributed by atoms with Crippen LogP contribution in [0.25, 0.3) is 6.08 Å². The lowest BCUT2D eigenvalue weighted by molar-refractivity contribution is -0.132. The highest BCUT2D eigenvalue weighted by Gasteiger charge is 2.36. The molecule has 0 spiro atoms. The molecule has 7 nitrogen and oxygen atoms in total. The quantitative estimate of drug-likeness (QED) is 0.650. The van der Waals surface area contributed by atoms with Crippen LogP contribution in [-0.2, 0) is 19.4 Å². The predicted molar refractivity (Wildman–Crippen MR) is 109 cm³/mol. The topological polar surface area (TPSA) is 91.8 Å². The van der Waals surface area contributed by atoms with E-state index in [1.807, 2.05) is 0 Å². The molecule has 0 aliphatic carbocycles. The number of carbonyl (C=O) groups excluding carboxylic acids is 3. The number of nitrogens with zero attached hydrogens (tertiary/aromatic N) is 2. The molecule has 28 heavy (non-hydrogen) atoms. The van der Waals surface area contributed by atoms with Crippen molar-refractivity contribution in [3.63, 3.8) is 0 Å². The zero-order valence-electron chi connectivity index (χ0n) is 15.1. The van der Waals surface area contributed by atoms with E-state index in [4.69, 9.17) is 11.6 Å². The lowest BCUT2D eigenvalue weighted by Crippen LogP contribution is -2.40. The van der Waals surface area contributed by atoms with Crippen LogP contribution in [0.4, 0.5) is 4.79 Å². The summed E-state index contributed by atoms with van der Waals surface area (Å²) in [6.45, 7) is -0.0364. The largest absolute Gasteiger partial charge is 0.342 e. The number of amides is 3. The molecule has 2 fully saturated rings. The Morgan fingerprint density at radius 1 is 1.32 bits per heavy atom. The second-order valence-corrected chi connectivity index (χ2v) is 10.4. The number of hydrogen-bond donors (Lipinski definition) is 0. The van der Waals surface area contributed by atoms with Crippen molar-refractivity contribution in [3.05, 3.63) is 39.8 Å². The molecule has 2 aliphatic rings. The Morgan fingerprint density at radius 3 is 2.61 bits per heavy atom. The van der Waals surface area contributed by atoms with E-state index in [1.54, 1.807) is 37.4 Å². The smallest absolute Gasteiger partial charge is 0.293 e. The third kappa shape index (κ3) is 4.76. The molecule has 2 heterocycles. The van der Waals surface area contributed by atoms with Gasteiger partial charge in [0.15, 0.2) is 9.84 Å². The monoisotopic (exact) mass is 442 g/mol. The van der Waals surface area contributed by atoms with Gasteiger partial charge in [-0.1, -0.05) is 23.7 Å². The molecule has 0 bridgehead atoms. The van der Waals surface area contributed by atoms with Crippen molar-refractivity contribution in [2.75, 3.05) is 25.1 Å². The SMILES string of the molecule is CN(C(=O)CCN1C(=O)S/C(=C\c2ccc(Cl)cc2)C1=O)[C@H]1CCS(=O)(=O)C1. The standard InChI is InChI=1S/C18H19ClN2O5S2/c1-20(14-7-9-28(25,26)11-14)16(22)6-8-21-17(23)15(27-18(21)24)10-12-2-4-13(19)5-3-12/h2-5,10,14H,6-9,11H2,1H3/b15-10-/t14-/m0/s1. The molecule has 1 atom stereocenters. The van der Waals surface area contributed by atoms with Gasteiger partial charge in [-0.15, -0.1) is 0 Å². The van der Waals surface area contributed by atoms with Gasteiger partial charge in [0.25, 0.3) is 11.1 Å². The summed E-state index contributed by atoms with van der Waals surface area (Å²) in [6, 6.07) is 6.51. The van der Waals surface area contributed by atoms with E-state index in [1.165, 1.54) is 4.90 Å². The van der Waals surface area contributed by atoms with Gasteiger partial charge in [-0.05, 0) is 42.0 Å². The van der Waals surface area contributed by atoms with Crippen LogP contribution in [-0.4, -0.2) is 66.4 Å². The molecule has 0 aromatic heterocycles. The summed E-state index contributed by atoms with van der Waals surface area (Å²) in [5.41, 5.74) is 0.744. The van der Waals surface area contributed by atoms with Gasteiger partial charge >= 0.3 is 0 Å². The van der Waals surface area contributed by atoms with E-state index < -0.39 is 21.0 Å². The van der Waals surface area contributed by atoms with Gasteiger partial charge in [0.05, 0.1) is 16.4 Å². The van der Waals surface area contributed by atoms with Crippen molar-refractivity contribution in [3.8, 4) is 0 Å². The first kappa shape index (κ1) is 20.9. The molecule has 2 aliphatic heterocycles. The van der Waals surface area contributed by atoms with E-state index in [2.05, 4.69) is 0 Å². The average molecular weight is 443 g/mol. The lowest BCUT2D eigenvalue weighted by Gasteiger charge is -2.24. The summed E-state index contributed by atoms with van der Waals surface area (Å²) in [4.78, 5) is 39.8. The Hall–Kier alpha value is -1.84. The normalized spacial score (nSPS) is 22.9. The maximum Gasteiger partial charge on any atom is 0.293 e. The Labute approximate surface area is 172 Å². The van der Waals surface area contributed by atoms with Gasteiger partial charge < -0.3 is 4.90 Å². The van der Waals surface area contributed by atoms with Crippen LogP contribution in [0.3, 0.4) is 0 Å². The molecule has 0 N–H and O–H groups in total. The first-order valence-electron chi connectivity index (χ1n) is 8.63. The summed E-state index contributed by atoms with van der Waals surface area (Å²) in [7, 11) is -1.54. The minimum absolute atomic E-state index is 0.0364. The van der Waals surface area contributed by atoms with E-state index in [9.17, 15) is 22.8 Å². The van der Waals surface area contributed by atoms with Gasteiger partial charge in [0.2, 0.25) is 5.91 Å². The second kappa shape index (κ2) is 8.26. The summed E-state index contributed by atoms with van der Waals surface area (Å²) in [6.07, 6.45) is 1.98. The van der Waals surface area contributed by atoms with E-state index in [-0.39, 0.29) is 41.3 Å². The Kier molecular flexibility index (Phi) is 6.16. The minimum atomic E-state index is -3.09. The summed E-state index contributed by atoms with van der Waals surface area (Å²) in [5, 5.41) is 0.145. The van der Waals surface area contributed by atoms with E-state index in [0.29, 0.717) is 11.4 Å². The van der Waals surface area contributed by atoms with Gasteiger partial charge in [0.1, 0.15) is 0 Å².